The van der Waals surface area contributed by atoms with Gasteiger partial charge in [0.2, 0.25) is 4.80 Å². The van der Waals surface area contributed by atoms with Crippen LogP contribution in [0.15, 0.2) is 83.0 Å². The first kappa shape index (κ1) is 17.2. The summed E-state index contributed by atoms with van der Waals surface area (Å²) in [4.78, 5) is 0.759. The van der Waals surface area contributed by atoms with Crippen LogP contribution in [0.1, 0.15) is 11.1 Å². The first-order valence-corrected chi connectivity index (χ1v) is 9.15. The summed E-state index contributed by atoms with van der Waals surface area (Å²) < 4.78 is 16.4. The van der Waals surface area contributed by atoms with Gasteiger partial charge in [0.05, 0.1) is 10.2 Å². The van der Waals surface area contributed by atoms with E-state index in [4.69, 9.17) is 0 Å². The van der Waals surface area contributed by atoms with E-state index in [1.54, 1.807) is 47.7 Å². The number of aromatic hydroxyl groups is 1. The summed E-state index contributed by atoms with van der Waals surface area (Å²) in [7, 11) is 1.95. The summed E-state index contributed by atoms with van der Waals surface area (Å²) in [5.74, 6) is -0.137. The first-order chi connectivity index (χ1) is 13.1. The fraction of sp³-hybridized carbons (Fsp3) is 0.0476. The van der Waals surface area contributed by atoms with Crippen LogP contribution in [0.5, 0.6) is 5.75 Å². The number of halogens is 1. The predicted octanol–water partition coefficient (Wildman–Crippen LogP) is 4.44. The molecular weight excluding hydrogens is 361 g/mol. The van der Waals surface area contributed by atoms with E-state index < -0.39 is 0 Å². The number of aromatic nitrogens is 1. The summed E-state index contributed by atoms with van der Waals surface area (Å²) in [6.45, 7) is 0. The van der Waals surface area contributed by atoms with Gasteiger partial charge >= 0.3 is 0 Å². The van der Waals surface area contributed by atoms with Gasteiger partial charge in [-0.3, -0.25) is 0 Å². The van der Waals surface area contributed by atoms with E-state index in [9.17, 15) is 9.50 Å². The van der Waals surface area contributed by atoms with Crippen LogP contribution in [-0.2, 0) is 7.05 Å². The molecule has 0 radical (unpaired) electrons. The summed E-state index contributed by atoms with van der Waals surface area (Å²) in [5.41, 5.74) is 3.22. The van der Waals surface area contributed by atoms with E-state index in [1.807, 2.05) is 35.9 Å². The Hall–Kier alpha value is -3.25. The highest BCUT2D eigenvalue weighted by atomic mass is 32.1. The van der Waals surface area contributed by atoms with Crippen LogP contribution in [0.4, 0.5) is 4.39 Å². The van der Waals surface area contributed by atoms with Gasteiger partial charge in [-0.05, 0) is 60.7 Å². The lowest BCUT2D eigenvalue weighted by atomic mass is 10.0. The maximum Gasteiger partial charge on any atom is 0.211 e. The van der Waals surface area contributed by atoms with Gasteiger partial charge in [0.25, 0.3) is 0 Å². The number of thiazole rings is 1. The lowest BCUT2D eigenvalue weighted by molar-refractivity contribution is 0.475. The van der Waals surface area contributed by atoms with Gasteiger partial charge in [0.15, 0.2) is 0 Å². The highest BCUT2D eigenvalue weighted by molar-refractivity contribution is 7.16. The van der Waals surface area contributed by atoms with E-state index >= 15 is 0 Å². The monoisotopic (exact) mass is 377 g/mol. The van der Waals surface area contributed by atoms with Crippen molar-refractivity contribution < 1.29 is 9.50 Å². The molecule has 0 saturated carbocycles. The molecule has 0 spiro atoms. The van der Waals surface area contributed by atoms with Crippen LogP contribution < -0.4 is 4.80 Å². The average Bonchev–Trinajstić information content (AvgIpc) is 3.01. The normalized spacial score (nSPS) is 12.7. The summed E-state index contributed by atoms with van der Waals surface area (Å²) in [5, 5.41) is 18.5. The van der Waals surface area contributed by atoms with Gasteiger partial charge in [-0.15, -0.1) is 10.2 Å². The SMILES string of the molecule is Cn1/c(=N\N=C(/c2ccc(O)cc2)c2ccc(F)cc2)sc2ccccc21. The third-order valence-corrected chi connectivity index (χ3v) is 5.31. The van der Waals surface area contributed by atoms with Gasteiger partial charge in [-0.1, -0.05) is 23.5 Å². The van der Waals surface area contributed by atoms with Crippen molar-refractivity contribution >= 4 is 27.3 Å². The Kier molecular flexibility index (Phi) is 4.56. The Labute approximate surface area is 159 Å². The van der Waals surface area contributed by atoms with Gasteiger partial charge in [0.1, 0.15) is 17.3 Å². The van der Waals surface area contributed by atoms with Crippen LogP contribution >= 0.6 is 11.3 Å². The Bertz CT molecular complexity index is 1140. The van der Waals surface area contributed by atoms with Crippen molar-refractivity contribution in [2.24, 2.45) is 17.3 Å². The number of phenols is 1. The molecule has 0 saturated heterocycles. The topological polar surface area (TPSA) is 49.9 Å². The van der Waals surface area contributed by atoms with Crippen molar-refractivity contribution in [3.63, 3.8) is 0 Å². The number of hydrogen-bond acceptors (Lipinski definition) is 4. The van der Waals surface area contributed by atoms with E-state index in [1.165, 1.54) is 12.1 Å². The second kappa shape index (κ2) is 7.17. The molecule has 1 N–H and O–H groups in total. The Morgan fingerprint density at radius 1 is 0.926 bits per heavy atom. The zero-order valence-corrected chi connectivity index (χ0v) is 15.3. The average molecular weight is 377 g/mol. The standard InChI is InChI=1S/C21H16FN3OS/c1-25-18-4-2-3-5-19(18)27-21(25)24-23-20(14-6-10-16(22)11-7-14)15-8-12-17(26)13-9-15/h2-13,26H,1H3/b23-20-,24-21+. The number of hydrogen-bond donors (Lipinski definition) is 1. The molecular formula is C21H16FN3OS. The summed E-state index contributed by atoms with van der Waals surface area (Å²) in [6.07, 6.45) is 0. The molecule has 4 nitrogen and oxygen atoms in total. The Morgan fingerprint density at radius 3 is 2.22 bits per heavy atom. The minimum atomic E-state index is -0.309. The second-order valence-electron chi connectivity index (χ2n) is 6.01. The third-order valence-electron chi connectivity index (χ3n) is 4.21. The molecule has 3 aromatic carbocycles. The third kappa shape index (κ3) is 3.52. The van der Waals surface area contributed by atoms with Crippen LogP contribution in [0.25, 0.3) is 10.2 Å². The van der Waals surface area contributed by atoms with Gasteiger partial charge in [-0.25, -0.2) is 4.39 Å². The first-order valence-electron chi connectivity index (χ1n) is 8.33. The minimum absolute atomic E-state index is 0.171. The number of aryl methyl sites for hydroxylation is 1. The zero-order valence-electron chi connectivity index (χ0n) is 14.5. The van der Waals surface area contributed by atoms with Crippen molar-refractivity contribution in [2.45, 2.75) is 0 Å². The number of phenolic OH excluding ortho intramolecular Hbond substituents is 1. The highest BCUT2D eigenvalue weighted by Gasteiger charge is 2.08. The van der Waals surface area contributed by atoms with E-state index in [-0.39, 0.29) is 11.6 Å². The van der Waals surface area contributed by atoms with Crippen molar-refractivity contribution in [2.75, 3.05) is 0 Å². The number of benzene rings is 3. The molecule has 0 unspecified atom stereocenters. The van der Waals surface area contributed by atoms with Crippen molar-refractivity contribution in [1.29, 1.82) is 0 Å². The largest absolute Gasteiger partial charge is 0.508 e. The Balaban J connectivity index is 1.87. The molecule has 4 aromatic rings. The number of para-hydroxylation sites is 1. The molecule has 4 rings (SSSR count). The van der Waals surface area contributed by atoms with Gasteiger partial charge < -0.3 is 9.67 Å². The van der Waals surface area contributed by atoms with E-state index in [0.717, 1.165) is 26.1 Å². The number of rotatable bonds is 3. The van der Waals surface area contributed by atoms with Crippen LogP contribution in [0.2, 0.25) is 0 Å². The predicted molar refractivity (Wildman–Crippen MR) is 107 cm³/mol. The Morgan fingerprint density at radius 2 is 1.56 bits per heavy atom. The molecule has 0 amide bonds. The van der Waals surface area contributed by atoms with Crippen molar-refractivity contribution in [1.82, 2.24) is 4.57 Å². The highest BCUT2D eigenvalue weighted by Crippen LogP contribution is 2.17. The van der Waals surface area contributed by atoms with Crippen LogP contribution in [0, 0.1) is 5.82 Å². The van der Waals surface area contributed by atoms with Crippen molar-refractivity contribution in [3.05, 3.63) is 94.5 Å². The van der Waals surface area contributed by atoms with Gasteiger partial charge in [0, 0.05) is 18.2 Å². The number of nitrogens with zero attached hydrogens (tertiary/aromatic N) is 3. The van der Waals surface area contributed by atoms with Crippen LogP contribution in [-0.4, -0.2) is 15.4 Å². The zero-order chi connectivity index (χ0) is 18.8. The summed E-state index contributed by atoms with van der Waals surface area (Å²) in [6, 6.07) is 20.9. The molecule has 1 aromatic heterocycles. The van der Waals surface area contributed by atoms with Crippen LogP contribution in [0.3, 0.4) is 0 Å². The molecule has 0 fully saturated rings. The molecule has 0 atom stereocenters. The molecule has 0 aliphatic rings. The maximum atomic E-state index is 13.3. The molecule has 0 aliphatic heterocycles. The molecule has 0 bridgehead atoms. The van der Waals surface area contributed by atoms with Gasteiger partial charge in [-0.2, -0.15) is 0 Å². The smallest absolute Gasteiger partial charge is 0.211 e. The molecule has 134 valence electrons. The quantitative estimate of drug-likeness (QED) is 0.416. The lowest BCUT2D eigenvalue weighted by Crippen LogP contribution is -2.10. The van der Waals surface area contributed by atoms with E-state index in [0.29, 0.717) is 5.71 Å². The van der Waals surface area contributed by atoms with Crippen molar-refractivity contribution in [3.8, 4) is 5.75 Å². The maximum absolute atomic E-state index is 13.3. The molecule has 0 aliphatic carbocycles. The fourth-order valence-corrected chi connectivity index (χ4v) is 3.75. The number of fused-ring (bicyclic) bond motifs is 1. The lowest BCUT2D eigenvalue weighted by Gasteiger charge is -2.06. The second-order valence-corrected chi connectivity index (χ2v) is 7.02. The molecule has 27 heavy (non-hydrogen) atoms. The summed E-state index contributed by atoms with van der Waals surface area (Å²) >= 11 is 1.55. The molecule has 1 heterocycles. The fourth-order valence-electron chi connectivity index (χ4n) is 2.78. The molecule has 6 heteroatoms. The van der Waals surface area contributed by atoms with E-state index in [2.05, 4.69) is 10.2 Å². The minimum Gasteiger partial charge on any atom is -0.508 e.